The maximum absolute atomic E-state index is 9.76. The SMILES string of the molecule is CCCN(CCN1CCNCC1)[C@@H]1CCc2ccc(O)cc2C1. The van der Waals surface area contributed by atoms with Crippen molar-refractivity contribution < 1.29 is 5.11 Å². The molecule has 1 aromatic rings. The largest absolute Gasteiger partial charge is 0.508 e. The van der Waals surface area contributed by atoms with E-state index in [2.05, 4.69) is 28.1 Å². The second-order valence-electron chi connectivity index (χ2n) is 6.98. The lowest BCUT2D eigenvalue weighted by molar-refractivity contribution is 0.142. The van der Waals surface area contributed by atoms with Gasteiger partial charge in [-0.1, -0.05) is 13.0 Å². The molecule has 0 aromatic heterocycles. The zero-order valence-electron chi connectivity index (χ0n) is 14.4. The zero-order valence-corrected chi connectivity index (χ0v) is 14.4. The van der Waals surface area contributed by atoms with Gasteiger partial charge in [0.15, 0.2) is 0 Å². The third-order valence-electron chi connectivity index (χ3n) is 5.33. The Morgan fingerprint density at radius 1 is 1.22 bits per heavy atom. The maximum atomic E-state index is 9.76. The van der Waals surface area contributed by atoms with Gasteiger partial charge in [0.25, 0.3) is 0 Å². The van der Waals surface area contributed by atoms with Crippen molar-refractivity contribution in [3.63, 3.8) is 0 Å². The van der Waals surface area contributed by atoms with E-state index in [9.17, 15) is 5.11 Å². The third-order valence-corrected chi connectivity index (χ3v) is 5.33. The van der Waals surface area contributed by atoms with Crippen LogP contribution in [0.15, 0.2) is 18.2 Å². The number of hydrogen-bond donors (Lipinski definition) is 2. The molecule has 0 radical (unpaired) electrons. The normalized spacial score (nSPS) is 22.3. The highest BCUT2D eigenvalue weighted by Gasteiger charge is 2.24. The first kappa shape index (κ1) is 16.7. The highest BCUT2D eigenvalue weighted by molar-refractivity contribution is 5.37. The summed E-state index contributed by atoms with van der Waals surface area (Å²) in [7, 11) is 0. The number of phenols is 1. The number of benzene rings is 1. The monoisotopic (exact) mass is 317 g/mol. The molecule has 0 spiro atoms. The summed E-state index contributed by atoms with van der Waals surface area (Å²) in [6.45, 7) is 10.4. The highest BCUT2D eigenvalue weighted by Crippen LogP contribution is 2.27. The minimum atomic E-state index is 0.409. The van der Waals surface area contributed by atoms with Gasteiger partial charge in [-0.3, -0.25) is 9.80 Å². The number of nitrogens with one attached hydrogen (secondary N) is 1. The summed E-state index contributed by atoms with van der Waals surface area (Å²) in [6, 6.07) is 6.54. The summed E-state index contributed by atoms with van der Waals surface area (Å²) in [5, 5.41) is 13.2. The van der Waals surface area contributed by atoms with Crippen LogP contribution in [-0.4, -0.2) is 66.8 Å². The fourth-order valence-electron chi connectivity index (χ4n) is 4.00. The molecule has 2 aliphatic rings. The number of aromatic hydroxyl groups is 1. The molecule has 1 aliphatic heterocycles. The average molecular weight is 317 g/mol. The predicted molar refractivity (Wildman–Crippen MR) is 95.1 cm³/mol. The van der Waals surface area contributed by atoms with E-state index in [0.717, 1.165) is 25.9 Å². The van der Waals surface area contributed by atoms with Crippen LogP contribution in [0.2, 0.25) is 0 Å². The summed E-state index contributed by atoms with van der Waals surface area (Å²) in [6.07, 6.45) is 4.70. The van der Waals surface area contributed by atoms with Crippen LogP contribution in [-0.2, 0) is 12.8 Å². The molecule has 1 saturated heterocycles. The number of fused-ring (bicyclic) bond motifs is 1. The van der Waals surface area contributed by atoms with Gasteiger partial charge in [0.2, 0.25) is 0 Å². The Morgan fingerprint density at radius 2 is 2.04 bits per heavy atom. The van der Waals surface area contributed by atoms with E-state index in [0.29, 0.717) is 11.8 Å². The van der Waals surface area contributed by atoms with Crippen LogP contribution in [0.1, 0.15) is 30.9 Å². The first-order chi connectivity index (χ1) is 11.3. The Kier molecular flexibility index (Phi) is 5.92. The van der Waals surface area contributed by atoms with Crippen LogP contribution in [0.4, 0.5) is 0 Å². The molecule has 1 aliphatic carbocycles. The molecule has 0 bridgehead atoms. The first-order valence-electron chi connectivity index (χ1n) is 9.24. The lowest BCUT2D eigenvalue weighted by Gasteiger charge is -2.37. The van der Waals surface area contributed by atoms with Gasteiger partial charge in [-0.05, 0) is 55.5 Å². The molecule has 1 aromatic carbocycles. The molecule has 23 heavy (non-hydrogen) atoms. The van der Waals surface area contributed by atoms with Gasteiger partial charge in [-0.15, -0.1) is 0 Å². The van der Waals surface area contributed by atoms with Gasteiger partial charge in [-0.2, -0.15) is 0 Å². The number of phenolic OH excluding ortho intramolecular Hbond substituents is 1. The van der Waals surface area contributed by atoms with E-state index >= 15 is 0 Å². The van der Waals surface area contributed by atoms with Crippen molar-refractivity contribution in [1.29, 1.82) is 0 Å². The summed E-state index contributed by atoms with van der Waals surface area (Å²) in [5.41, 5.74) is 2.78. The van der Waals surface area contributed by atoms with Crippen LogP contribution in [0.25, 0.3) is 0 Å². The Hall–Kier alpha value is -1.10. The Labute approximate surface area is 140 Å². The molecule has 0 unspecified atom stereocenters. The minimum absolute atomic E-state index is 0.409. The third kappa shape index (κ3) is 4.46. The standard InChI is InChI=1S/C19H31N3O/c1-2-9-22(13-12-21-10-7-20-8-11-21)18-5-3-16-4-6-19(23)15-17(16)14-18/h4,6,15,18,20,23H,2-3,5,7-14H2,1H3/t18-/m1/s1. The van der Waals surface area contributed by atoms with Gasteiger partial charge in [0.05, 0.1) is 0 Å². The van der Waals surface area contributed by atoms with Gasteiger partial charge >= 0.3 is 0 Å². The molecule has 2 N–H and O–H groups in total. The van der Waals surface area contributed by atoms with E-state index in [1.807, 2.05) is 12.1 Å². The molecular formula is C19H31N3O. The molecule has 128 valence electrons. The molecule has 4 nitrogen and oxygen atoms in total. The minimum Gasteiger partial charge on any atom is -0.508 e. The van der Waals surface area contributed by atoms with Crippen LogP contribution >= 0.6 is 0 Å². The molecule has 4 heteroatoms. The first-order valence-corrected chi connectivity index (χ1v) is 9.24. The van der Waals surface area contributed by atoms with E-state index in [-0.39, 0.29) is 0 Å². The van der Waals surface area contributed by atoms with E-state index in [1.165, 1.54) is 56.7 Å². The quantitative estimate of drug-likeness (QED) is 0.840. The number of piperazine rings is 1. The van der Waals surface area contributed by atoms with Crippen molar-refractivity contribution in [2.45, 2.75) is 38.6 Å². The molecule has 0 saturated carbocycles. The number of rotatable bonds is 6. The van der Waals surface area contributed by atoms with E-state index in [4.69, 9.17) is 0 Å². The Bertz CT molecular complexity index is 499. The summed E-state index contributed by atoms with van der Waals surface area (Å²) in [5.74, 6) is 0.409. The van der Waals surface area contributed by atoms with Crippen molar-refractivity contribution in [3.8, 4) is 5.75 Å². The van der Waals surface area contributed by atoms with Crippen LogP contribution in [0.5, 0.6) is 5.75 Å². The van der Waals surface area contributed by atoms with Gasteiger partial charge < -0.3 is 10.4 Å². The van der Waals surface area contributed by atoms with E-state index in [1.54, 1.807) is 0 Å². The molecule has 1 heterocycles. The topological polar surface area (TPSA) is 38.7 Å². The number of aryl methyl sites for hydroxylation is 1. The maximum Gasteiger partial charge on any atom is 0.115 e. The zero-order chi connectivity index (χ0) is 16.1. The van der Waals surface area contributed by atoms with Crippen molar-refractivity contribution in [3.05, 3.63) is 29.3 Å². The predicted octanol–water partition coefficient (Wildman–Crippen LogP) is 1.87. The van der Waals surface area contributed by atoms with E-state index < -0.39 is 0 Å². The smallest absolute Gasteiger partial charge is 0.115 e. The number of hydrogen-bond acceptors (Lipinski definition) is 4. The lowest BCUT2D eigenvalue weighted by Crippen LogP contribution is -2.48. The van der Waals surface area contributed by atoms with Crippen LogP contribution in [0, 0.1) is 0 Å². The van der Waals surface area contributed by atoms with Crippen LogP contribution in [0.3, 0.4) is 0 Å². The lowest BCUT2D eigenvalue weighted by atomic mass is 9.87. The summed E-state index contributed by atoms with van der Waals surface area (Å²) in [4.78, 5) is 5.27. The Balaban J connectivity index is 1.59. The molecule has 0 amide bonds. The molecule has 1 fully saturated rings. The molecule has 1 atom stereocenters. The molecule has 3 rings (SSSR count). The van der Waals surface area contributed by atoms with Gasteiger partial charge in [0.1, 0.15) is 5.75 Å². The van der Waals surface area contributed by atoms with Crippen molar-refractivity contribution >= 4 is 0 Å². The van der Waals surface area contributed by atoms with Crippen molar-refractivity contribution in [2.24, 2.45) is 0 Å². The Morgan fingerprint density at radius 3 is 2.83 bits per heavy atom. The highest BCUT2D eigenvalue weighted by atomic mass is 16.3. The summed E-state index contributed by atoms with van der Waals surface area (Å²) >= 11 is 0. The average Bonchev–Trinajstić information content (AvgIpc) is 2.59. The van der Waals surface area contributed by atoms with Gasteiger partial charge in [0, 0.05) is 45.3 Å². The number of nitrogens with zero attached hydrogens (tertiary/aromatic N) is 2. The second kappa shape index (κ2) is 8.13. The second-order valence-corrected chi connectivity index (χ2v) is 6.98. The van der Waals surface area contributed by atoms with Gasteiger partial charge in [-0.25, -0.2) is 0 Å². The fourth-order valence-corrected chi connectivity index (χ4v) is 4.00. The van der Waals surface area contributed by atoms with Crippen molar-refractivity contribution in [2.75, 3.05) is 45.8 Å². The van der Waals surface area contributed by atoms with Crippen LogP contribution < -0.4 is 5.32 Å². The molecular weight excluding hydrogens is 286 g/mol. The fraction of sp³-hybridized carbons (Fsp3) is 0.684. The van der Waals surface area contributed by atoms with Crippen molar-refractivity contribution in [1.82, 2.24) is 15.1 Å². The summed E-state index contributed by atoms with van der Waals surface area (Å²) < 4.78 is 0.